The molecule has 114 valence electrons. The van der Waals surface area contributed by atoms with Crippen molar-refractivity contribution in [3.63, 3.8) is 0 Å². The maximum absolute atomic E-state index is 5.55. The molecule has 0 aliphatic carbocycles. The van der Waals surface area contributed by atoms with Gasteiger partial charge in [0.05, 0.1) is 11.8 Å². The fourth-order valence-corrected chi connectivity index (χ4v) is 2.43. The second-order valence-electron chi connectivity index (χ2n) is 5.13. The molecule has 0 aromatic heterocycles. The van der Waals surface area contributed by atoms with E-state index in [1.807, 2.05) is 18.2 Å². The summed E-state index contributed by atoms with van der Waals surface area (Å²) in [4.78, 5) is 0. The van der Waals surface area contributed by atoms with E-state index in [1.165, 1.54) is 0 Å². The molecule has 1 aromatic rings. The first kappa shape index (κ1) is 15.9. The Hall–Kier alpha value is -1.46. The molecule has 0 bridgehead atoms. The zero-order valence-corrected chi connectivity index (χ0v) is 13.3. The normalized spacial score (nSPS) is 18.5. The van der Waals surface area contributed by atoms with Crippen LogP contribution in [0.1, 0.15) is 38.2 Å². The summed E-state index contributed by atoms with van der Waals surface area (Å²) in [6.07, 6.45) is 4.48. The van der Waals surface area contributed by atoms with E-state index in [2.05, 4.69) is 34.9 Å². The third-order valence-electron chi connectivity index (χ3n) is 3.40. The lowest BCUT2D eigenvalue weighted by atomic mass is 10.1. The van der Waals surface area contributed by atoms with E-state index in [4.69, 9.17) is 17.0 Å². The molecular weight excluding hydrogens is 282 g/mol. The standard InChI is InChI=1S/C16H23N3OS/c1-2-7-15(13-8-4-3-5-9-13)18-19-16(21)17-12-14-10-6-11-20-14/h3-5,8-9,14H,2,6-7,10-12H2,1H3,(H2,17,19,21)/b18-15-/t14-/m1/s1. The van der Waals surface area contributed by atoms with Crippen LogP contribution < -0.4 is 10.7 Å². The Morgan fingerprint density at radius 3 is 2.86 bits per heavy atom. The van der Waals surface area contributed by atoms with Crippen molar-refractivity contribution in [1.82, 2.24) is 10.7 Å². The fraction of sp³-hybridized carbons (Fsp3) is 0.500. The molecular formula is C16H23N3OS. The maximum Gasteiger partial charge on any atom is 0.187 e. The lowest BCUT2D eigenvalue weighted by Gasteiger charge is -2.13. The van der Waals surface area contributed by atoms with Gasteiger partial charge in [-0.2, -0.15) is 5.10 Å². The van der Waals surface area contributed by atoms with Gasteiger partial charge < -0.3 is 10.1 Å². The minimum atomic E-state index is 0.276. The Bertz CT molecular complexity index is 470. The zero-order valence-electron chi connectivity index (χ0n) is 12.5. The lowest BCUT2D eigenvalue weighted by molar-refractivity contribution is 0.114. The van der Waals surface area contributed by atoms with E-state index < -0.39 is 0 Å². The lowest BCUT2D eigenvalue weighted by Crippen LogP contribution is -2.37. The summed E-state index contributed by atoms with van der Waals surface area (Å²) in [5.74, 6) is 0. The van der Waals surface area contributed by atoms with Gasteiger partial charge in [0.2, 0.25) is 0 Å². The summed E-state index contributed by atoms with van der Waals surface area (Å²) in [5.41, 5.74) is 5.10. The molecule has 5 heteroatoms. The molecule has 1 fully saturated rings. The molecule has 1 aliphatic rings. The van der Waals surface area contributed by atoms with Crippen LogP contribution >= 0.6 is 12.2 Å². The molecule has 1 aromatic carbocycles. The number of thiocarbonyl (C=S) groups is 1. The summed E-state index contributed by atoms with van der Waals surface area (Å²) < 4.78 is 5.55. The highest BCUT2D eigenvalue weighted by Gasteiger charge is 2.15. The van der Waals surface area contributed by atoms with Gasteiger partial charge in [0.25, 0.3) is 0 Å². The Morgan fingerprint density at radius 2 is 2.19 bits per heavy atom. The van der Waals surface area contributed by atoms with Crippen LogP contribution in [-0.2, 0) is 4.74 Å². The van der Waals surface area contributed by atoms with Gasteiger partial charge in [-0.05, 0) is 37.0 Å². The highest BCUT2D eigenvalue weighted by Crippen LogP contribution is 2.10. The molecule has 2 N–H and O–H groups in total. The van der Waals surface area contributed by atoms with Crippen LogP contribution in [0.25, 0.3) is 0 Å². The summed E-state index contributed by atoms with van der Waals surface area (Å²) in [6, 6.07) is 10.2. The molecule has 0 radical (unpaired) electrons. The van der Waals surface area contributed by atoms with Crippen LogP contribution in [-0.4, -0.2) is 30.1 Å². The molecule has 4 nitrogen and oxygen atoms in total. The van der Waals surface area contributed by atoms with E-state index in [9.17, 15) is 0 Å². The number of benzene rings is 1. The molecule has 0 saturated carbocycles. The van der Waals surface area contributed by atoms with Gasteiger partial charge in [0.15, 0.2) is 5.11 Å². The van der Waals surface area contributed by atoms with Crippen molar-refractivity contribution >= 4 is 23.0 Å². The topological polar surface area (TPSA) is 45.7 Å². The second-order valence-corrected chi connectivity index (χ2v) is 5.54. The molecule has 1 saturated heterocycles. The minimum absolute atomic E-state index is 0.276. The number of nitrogens with zero attached hydrogens (tertiary/aromatic N) is 1. The first-order chi connectivity index (χ1) is 10.3. The third kappa shape index (κ3) is 5.44. The van der Waals surface area contributed by atoms with Gasteiger partial charge in [-0.1, -0.05) is 43.7 Å². The van der Waals surface area contributed by atoms with Crippen molar-refractivity contribution in [3.8, 4) is 0 Å². The first-order valence-corrected chi connectivity index (χ1v) is 7.98. The van der Waals surface area contributed by atoms with Gasteiger partial charge in [-0.3, -0.25) is 5.43 Å². The van der Waals surface area contributed by atoms with Crippen LogP contribution in [0.2, 0.25) is 0 Å². The smallest absolute Gasteiger partial charge is 0.187 e. The molecule has 21 heavy (non-hydrogen) atoms. The van der Waals surface area contributed by atoms with Crippen molar-refractivity contribution in [1.29, 1.82) is 0 Å². The Labute approximate surface area is 132 Å². The molecule has 0 spiro atoms. The highest BCUT2D eigenvalue weighted by atomic mass is 32.1. The summed E-state index contributed by atoms with van der Waals surface area (Å²) in [5, 5.41) is 8.16. The van der Waals surface area contributed by atoms with Crippen molar-refractivity contribution in [2.24, 2.45) is 5.10 Å². The van der Waals surface area contributed by atoms with Crippen molar-refractivity contribution in [3.05, 3.63) is 35.9 Å². The van der Waals surface area contributed by atoms with E-state index in [0.29, 0.717) is 5.11 Å². The zero-order chi connectivity index (χ0) is 14.9. The van der Waals surface area contributed by atoms with E-state index in [-0.39, 0.29) is 6.10 Å². The number of rotatable bonds is 6. The van der Waals surface area contributed by atoms with E-state index in [1.54, 1.807) is 0 Å². The van der Waals surface area contributed by atoms with Gasteiger partial charge in [0.1, 0.15) is 0 Å². The van der Waals surface area contributed by atoms with Crippen molar-refractivity contribution < 1.29 is 4.74 Å². The summed E-state index contributed by atoms with van der Waals surface area (Å²) >= 11 is 5.26. The third-order valence-corrected chi connectivity index (χ3v) is 3.64. The molecule has 0 amide bonds. The van der Waals surface area contributed by atoms with Crippen LogP contribution in [0.3, 0.4) is 0 Å². The number of ether oxygens (including phenoxy) is 1. The highest BCUT2D eigenvalue weighted by molar-refractivity contribution is 7.80. The van der Waals surface area contributed by atoms with Gasteiger partial charge in [-0.15, -0.1) is 0 Å². The van der Waals surface area contributed by atoms with Crippen LogP contribution in [0.4, 0.5) is 0 Å². The average Bonchev–Trinajstić information content (AvgIpc) is 3.03. The van der Waals surface area contributed by atoms with Crippen molar-refractivity contribution in [2.45, 2.75) is 38.7 Å². The molecule has 1 atom stereocenters. The molecule has 1 heterocycles. The van der Waals surface area contributed by atoms with Gasteiger partial charge in [0, 0.05) is 13.2 Å². The van der Waals surface area contributed by atoms with Crippen LogP contribution in [0, 0.1) is 0 Å². The van der Waals surface area contributed by atoms with E-state index in [0.717, 1.165) is 50.1 Å². The number of hydrogen-bond acceptors (Lipinski definition) is 3. The summed E-state index contributed by atoms with van der Waals surface area (Å²) in [7, 11) is 0. The minimum Gasteiger partial charge on any atom is -0.376 e. The fourth-order valence-electron chi connectivity index (χ4n) is 2.30. The van der Waals surface area contributed by atoms with Gasteiger partial charge in [-0.25, -0.2) is 0 Å². The SMILES string of the molecule is CCC/C(=N/NC(=S)NC[C@H]1CCCO1)c1ccccc1. The number of hydrogen-bond donors (Lipinski definition) is 2. The van der Waals surface area contributed by atoms with Crippen LogP contribution in [0.5, 0.6) is 0 Å². The monoisotopic (exact) mass is 305 g/mol. The quantitative estimate of drug-likeness (QED) is 0.482. The predicted octanol–water partition coefficient (Wildman–Crippen LogP) is 2.83. The summed E-state index contributed by atoms with van der Waals surface area (Å²) in [6.45, 7) is 3.75. The van der Waals surface area contributed by atoms with E-state index >= 15 is 0 Å². The molecule has 0 unspecified atom stereocenters. The Morgan fingerprint density at radius 1 is 1.38 bits per heavy atom. The Kier molecular flexibility index (Phi) is 6.63. The maximum atomic E-state index is 5.55. The number of hydrazone groups is 1. The Balaban J connectivity index is 1.85. The average molecular weight is 305 g/mol. The van der Waals surface area contributed by atoms with Gasteiger partial charge >= 0.3 is 0 Å². The second kappa shape index (κ2) is 8.74. The van der Waals surface area contributed by atoms with Crippen molar-refractivity contribution in [2.75, 3.05) is 13.2 Å². The van der Waals surface area contributed by atoms with Crippen LogP contribution in [0.15, 0.2) is 35.4 Å². The first-order valence-electron chi connectivity index (χ1n) is 7.57. The number of nitrogens with one attached hydrogen (secondary N) is 2. The predicted molar refractivity (Wildman–Crippen MR) is 90.6 cm³/mol. The molecule has 2 rings (SSSR count). The molecule has 1 aliphatic heterocycles. The largest absolute Gasteiger partial charge is 0.376 e.